The number of alkyl halides is 3. The van der Waals surface area contributed by atoms with Crippen molar-refractivity contribution in [2.24, 2.45) is 0 Å². The highest BCUT2D eigenvalue weighted by Crippen LogP contribution is 2.34. The van der Waals surface area contributed by atoms with E-state index in [1.165, 1.54) is 0 Å². The lowest BCUT2D eigenvalue weighted by Crippen LogP contribution is -2.13. The van der Waals surface area contributed by atoms with Gasteiger partial charge in [-0.2, -0.15) is 13.2 Å². The van der Waals surface area contributed by atoms with E-state index in [0.29, 0.717) is 12.3 Å². The smallest absolute Gasteiger partial charge is 0.249 e. The van der Waals surface area contributed by atoms with Crippen molar-refractivity contribution in [2.45, 2.75) is 11.1 Å². The predicted octanol–water partition coefficient (Wildman–Crippen LogP) is 2.68. The molecule has 84 valence electrons. The molecule has 0 atom stereocenters. The lowest BCUT2D eigenvalue weighted by atomic mass is 10.3. The molecule has 0 aliphatic heterocycles. The molecule has 0 fully saturated rings. The minimum Gasteiger partial charge on any atom is -0.249 e. The standard InChI is InChI=1S/C6H2Cl2F3NO2S/c7-3-1-4(15(8,13)14)5(12-2-3)6(9,10)11/h1-2H. The van der Waals surface area contributed by atoms with Crippen molar-refractivity contribution >= 4 is 31.3 Å². The molecular weight excluding hydrogens is 278 g/mol. The Kier molecular flexibility index (Phi) is 3.18. The lowest BCUT2D eigenvalue weighted by molar-refractivity contribution is -0.143. The van der Waals surface area contributed by atoms with E-state index in [4.69, 9.17) is 22.3 Å². The number of rotatable bonds is 1. The Balaban J connectivity index is 3.55. The van der Waals surface area contributed by atoms with E-state index in [9.17, 15) is 21.6 Å². The zero-order chi connectivity index (χ0) is 11.9. The molecule has 0 N–H and O–H groups in total. The molecular formula is C6H2Cl2F3NO2S. The highest BCUT2D eigenvalue weighted by Gasteiger charge is 2.38. The van der Waals surface area contributed by atoms with Crippen LogP contribution in [0.2, 0.25) is 5.02 Å². The fourth-order valence-electron chi connectivity index (χ4n) is 0.819. The van der Waals surface area contributed by atoms with Crippen molar-refractivity contribution < 1.29 is 21.6 Å². The van der Waals surface area contributed by atoms with Gasteiger partial charge in [-0.3, -0.25) is 0 Å². The van der Waals surface area contributed by atoms with Gasteiger partial charge >= 0.3 is 6.18 Å². The normalized spacial score (nSPS) is 12.9. The third kappa shape index (κ3) is 2.96. The largest absolute Gasteiger partial charge is 0.434 e. The average molecular weight is 280 g/mol. The van der Waals surface area contributed by atoms with Gasteiger partial charge in [-0.25, -0.2) is 13.4 Å². The molecule has 1 aromatic rings. The third-order valence-electron chi connectivity index (χ3n) is 1.35. The number of nitrogens with zero attached hydrogens (tertiary/aromatic N) is 1. The van der Waals surface area contributed by atoms with Gasteiger partial charge in [0.1, 0.15) is 4.90 Å². The number of hydrogen-bond donors (Lipinski definition) is 0. The molecule has 0 amide bonds. The van der Waals surface area contributed by atoms with E-state index >= 15 is 0 Å². The lowest BCUT2D eigenvalue weighted by Gasteiger charge is -2.09. The maximum Gasteiger partial charge on any atom is 0.434 e. The van der Waals surface area contributed by atoms with E-state index in [1.54, 1.807) is 0 Å². The topological polar surface area (TPSA) is 47.0 Å². The second-order valence-corrected chi connectivity index (χ2v) is 5.41. The van der Waals surface area contributed by atoms with Crippen molar-refractivity contribution in [1.29, 1.82) is 0 Å². The molecule has 0 saturated carbocycles. The van der Waals surface area contributed by atoms with Crippen LogP contribution in [0.1, 0.15) is 5.69 Å². The van der Waals surface area contributed by atoms with Crippen LogP contribution in [0.5, 0.6) is 0 Å². The van der Waals surface area contributed by atoms with Crippen LogP contribution in [0.25, 0.3) is 0 Å². The first-order valence-electron chi connectivity index (χ1n) is 3.30. The fraction of sp³-hybridized carbons (Fsp3) is 0.167. The molecule has 0 spiro atoms. The Hall–Kier alpha value is -0.530. The second-order valence-electron chi connectivity index (χ2n) is 2.44. The minimum atomic E-state index is -4.90. The van der Waals surface area contributed by atoms with Gasteiger partial charge in [0.2, 0.25) is 0 Å². The summed E-state index contributed by atoms with van der Waals surface area (Å²) in [5.74, 6) is 0. The van der Waals surface area contributed by atoms with Gasteiger partial charge in [-0.05, 0) is 6.07 Å². The van der Waals surface area contributed by atoms with Crippen molar-refractivity contribution in [2.75, 3.05) is 0 Å². The summed E-state index contributed by atoms with van der Waals surface area (Å²) in [6, 6.07) is 0.597. The first kappa shape index (κ1) is 12.5. The van der Waals surface area contributed by atoms with Crippen LogP contribution in [-0.2, 0) is 15.2 Å². The summed E-state index contributed by atoms with van der Waals surface area (Å²) in [7, 11) is 0.281. The van der Waals surface area contributed by atoms with Crippen LogP contribution in [-0.4, -0.2) is 13.4 Å². The summed E-state index contributed by atoms with van der Waals surface area (Å²) < 4.78 is 58.5. The highest BCUT2D eigenvalue weighted by molar-refractivity contribution is 8.13. The maximum atomic E-state index is 12.3. The summed E-state index contributed by atoms with van der Waals surface area (Å²) in [6.45, 7) is 0. The molecule has 0 saturated heterocycles. The van der Waals surface area contributed by atoms with E-state index in [0.717, 1.165) is 0 Å². The van der Waals surface area contributed by atoms with E-state index in [-0.39, 0.29) is 5.02 Å². The molecule has 3 nitrogen and oxygen atoms in total. The number of pyridine rings is 1. The van der Waals surface area contributed by atoms with Crippen LogP contribution in [0, 0.1) is 0 Å². The summed E-state index contributed by atoms with van der Waals surface area (Å²) in [5.41, 5.74) is -1.58. The minimum absolute atomic E-state index is 0.248. The van der Waals surface area contributed by atoms with Crippen LogP contribution in [0.4, 0.5) is 13.2 Å². The molecule has 0 radical (unpaired) electrons. The number of hydrogen-bond acceptors (Lipinski definition) is 3. The van der Waals surface area contributed by atoms with Crippen molar-refractivity contribution in [3.63, 3.8) is 0 Å². The Morgan fingerprint density at radius 3 is 2.27 bits per heavy atom. The van der Waals surface area contributed by atoms with Gasteiger partial charge in [0.05, 0.1) is 5.02 Å². The monoisotopic (exact) mass is 279 g/mol. The molecule has 1 heterocycles. The molecule has 0 aromatic carbocycles. The van der Waals surface area contributed by atoms with Gasteiger partial charge < -0.3 is 0 Å². The van der Waals surface area contributed by atoms with E-state index in [2.05, 4.69) is 4.98 Å². The number of aromatic nitrogens is 1. The van der Waals surface area contributed by atoms with Crippen molar-refractivity contribution in [3.05, 3.63) is 23.0 Å². The summed E-state index contributed by atoms with van der Waals surface area (Å²) in [4.78, 5) is 1.75. The van der Waals surface area contributed by atoms with E-state index < -0.39 is 25.8 Å². The summed E-state index contributed by atoms with van der Waals surface area (Å²) in [5, 5.41) is -0.248. The van der Waals surface area contributed by atoms with Gasteiger partial charge in [0.15, 0.2) is 5.69 Å². The zero-order valence-electron chi connectivity index (χ0n) is 6.72. The molecule has 0 aliphatic carbocycles. The third-order valence-corrected chi connectivity index (χ3v) is 2.89. The molecule has 9 heteroatoms. The van der Waals surface area contributed by atoms with Crippen molar-refractivity contribution in [3.8, 4) is 0 Å². The molecule has 0 unspecified atom stereocenters. The summed E-state index contributed by atoms with van der Waals surface area (Å²) in [6.07, 6.45) is -4.21. The predicted molar refractivity (Wildman–Crippen MR) is 47.3 cm³/mol. The zero-order valence-corrected chi connectivity index (χ0v) is 9.04. The molecule has 1 rings (SSSR count). The Bertz CT molecular complexity index is 486. The molecule has 0 bridgehead atoms. The van der Waals surface area contributed by atoms with Gasteiger partial charge in [-0.15, -0.1) is 0 Å². The van der Waals surface area contributed by atoms with Crippen LogP contribution >= 0.6 is 22.3 Å². The fourth-order valence-corrected chi connectivity index (χ4v) is 2.06. The second kappa shape index (κ2) is 3.80. The Morgan fingerprint density at radius 2 is 1.87 bits per heavy atom. The van der Waals surface area contributed by atoms with E-state index in [1.807, 2.05) is 0 Å². The van der Waals surface area contributed by atoms with Gasteiger partial charge in [-0.1, -0.05) is 11.6 Å². The Labute approximate surface area is 92.2 Å². The van der Waals surface area contributed by atoms with Crippen LogP contribution in [0.3, 0.4) is 0 Å². The van der Waals surface area contributed by atoms with Crippen LogP contribution < -0.4 is 0 Å². The number of halogens is 5. The average Bonchev–Trinajstić information content (AvgIpc) is 2.00. The SMILES string of the molecule is O=S(=O)(Cl)c1cc(Cl)cnc1C(F)(F)F. The molecule has 1 aromatic heterocycles. The van der Waals surface area contributed by atoms with Gasteiger partial charge in [0, 0.05) is 16.9 Å². The quantitative estimate of drug-likeness (QED) is 0.743. The van der Waals surface area contributed by atoms with Gasteiger partial charge in [0.25, 0.3) is 9.05 Å². The molecule has 0 aliphatic rings. The maximum absolute atomic E-state index is 12.3. The molecule has 15 heavy (non-hydrogen) atoms. The Morgan fingerprint density at radius 1 is 1.33 bits per heavy atom. The first-order valence-corrected chi connectivity index (χ1v) is 5.98. The van der Waals surface area contributed by atoms with Crippen LogP contribution in [0.15, 0.2) is 17.2 Å². The van der Waals surface area contributed by atoms with Crippen molar-refractivity contribution in [1.82, 2.24) is 4.98 Å². The highest BCUT2D eigenvalue weighted by atomic mass is 35.7. The first-order chi connectivity index (χ1) is 6.62. The summed E-state index contributed by atoms with van der Waals surface area (Å²) >= 11 is 5.32.